The Labute approximate surface area is 176 Å². The van der Waals surface area contributed by atoms with Crippen LogP contribution in [0.25, 0.3) is 6.08 Å². The van der Waals surface area contributed by atoms with Gasteiger partial charge in [-0.05, 0) is 29.7 Å². The van der Waals surface area contributed by atoms with E-state index < -0.39 is 11.5 Å². The van der Waals surface area contributed by atoms with Crippen molar-refractivity contribution in [2.45, 2.75) is 18.4 Å². The van der Waals surface area contributed by atoms with Gasteiger partial charge in [0.25, 0.3) is 5.91 Å². The number of fused-ring (bicyclic) bond motifs is 1. The van der Waals surface area contributed by atoms with Gasteiger partial charge >= 0.3 is 0 Å². The molecule has 3 aromatic carbocycles. The first-order valence-electron chi connectivity index (χ1n) is 10.0. The molecule has 30 heavy (non-hydrogen) atoms. The van der Waals surface area contributed by atoms with E-state index in [-0.39, 0.29) is 12.2 Å². The molecule has 0 aliphatic carbocycles. The molecule has 4 rings (SSSR count). The maximum Gasteiger partial charge on any atom is 0.264 e. The van der Waals surface area contributed by atoms with Gasteiger partial charge in [0.1, 0.15) is 0 Å². The van der Waals surface area contributed by atoms with Crippen molar-refractivity contribution in [1.29, 1.82) is 0 Å². The SMILES string of the molecule is O=C(/C=C\c1ccccc1)C[C@@]1(O)C(=O)N(CCc2ccccc2)c2ccccc21. The number of allylic oxidation sites excluding steroid dienone is 1. The molecule has 0 fully saturated rings. The number of carbonyl (C=O) groups is 2. The fourth-order valence-electron chi connectivity index (χ4n) is 3.85. The summed E-state index contributed by atoms with van der Waals surface area (Å²) < 4.78 is 0. The largest absolute Gasteiger partial charge is 0.375 e. The van der Waals surface area contributed by atoms with E-state index in [1.54, 1.807) is 23.1 Å². The minimum Gasteiger partial charge on any atom is -0.375 e. The molecule has 0 unspecified atom stereocenters. The highest BCUT2D eigenvalue weighted by Gasteiger charge is 2.50. The topological polar surface area (TPSA) is 57.6 Å². The maximum atomic E-state index is 13.2. The number of para-hydroxylation sites is 1. The number of carbonyl (C=O) groups excluding carboxylic acids is 2. The van der Waals surface area contributed by atoms with Gasteiger partial charge in [0.2, 0.25) is 0 Å². The number of rotatable bonds is 7. The fraction of sp³-hybridized carbons (Fsp3) is 0.154. The lowest BCUT2D eigenvalue weighted by Gasteiger charge is -2.22. The van der Waals surface area contributed by atoms with Crippen LogP contribution in [0.2, 0.25) is 0 Å². The van der Waals surface area contributed by atoms with Crippen LogP contribution in [0.3, 0.4) is 0 Å². The summed E-state index contributed by atoms with van der Waals surface area (Å²) in [7, 11) is 0. The minimum atomic E-state index is -1.84. The number of nitrogens with zero attached hydrogens (tertiary/aromatic N) is 1. The molecule has 0 saturated carbocycles. The summed E-state index contributed by atoms with van der Waals surface area (Å²) in [5.41, 5.74) is 1.32. The van der Waals surface area contributed by atoms with Gasteiger partial charge in [-0.25, -0.2) is 0 Å². The van der Waals surface area contributed by atoms with E-state index in [0.29, 0.717) is 24.2 Å². The number of ketones is 1. The summed E-state index contributed by atoms with van der Waals surface area (Å²) in [6, 6.07) is 26.5. The maximum absolute atomic E-state index is 13.2. The number of amides is 1. The zero-order valence-corrected chi connectivity index (χ0v) is 16.6. The first-order valence-corrected chi connectivity index (χ1v) is 10.0. The van der Waals surface area contributed by atoms with Crippen LogP contribution < -0.4 is 4.90 Å². The fourth-order valence-corrected chi connectivity index (χ4v) is 3.85. The lowest BCUT2D eigenvalue weighted by Crippen LogP contribution is -2.42. The van der Waals surface area contributed by atoms with Gasteiger partial charge in [0.15, 0.2) is 11.4 Å². The molecule has 0 spiro atoms. The van der Waals surface area contributed by atoms with Gasteiger partial charge in [0, 0.05) is 12.1 Å². The summed E-state index contributed by atoms with van der Waals surface area (Å²) >= 11 is 0. The number of aliphatic hydroxyl groups is 1. The molecule has 0 bridgehead atoms. The van der Waals surface area contributed by atoms with E-state index in [1.807, 2.05) is 72.8 Å². The lowest BCUT2D eigenvalue weighted by atomic mass is 9.89. The van der Waals surface area contributed by atoms with Gasteiger partial charge in [-0.2, -0.15) is 0 Å². The van der Waals surface area contributed by atoms with E-state index in [2.05, 4.69) is 0 Å². The van der Waals surface area contributed by atoms with Crippen LogP contribution in [0.4, 0.5) is 5.69 Å². The van der Waals surface area contributed by atoms with Crippen molar-refractivity contribution >= 4 is 23.5 Å². The Morgan fingerprint density at radius 2 is 1.53 bits per heavy atom. The molecule has 1 atom stereocenters. The molecule has 1 aliphatic rings. The highest BCUT2D eigenvalue weighted by molar-refractivity contribution is 6.10. The third-order valence-electron chi connectivity index (χ3n) is 5.40. The van der Waals surface area contributed by atoms with Gasteiger partial charge in [-0.15, -0.1) is 0 Å². The van der Waals surface area contributed by atoms with Crippen LogP contribution in [-0.2, 0) is 21.6 Å². The lowest BCUT2D eigenvalue weighted by molar-refractivity contribution is -0.140. The monoisotopic (exact) mass is 397 g/mol. The van der Waals surface area contributed by atoms with Crippen LogP contribution in [0, 0.1) is 0 Å². The second-order valence-corrected chi connectivity index (χ2v) is 7.46. The molecule has 1 aliphatic heterocycles. The van der Waals surface area contributed by atoms with E-state index in [1.165, 1.54) is 6.08 Å². The predicted molar refractivity (Wildman–Crippen MR) is 118 cm³/mol. The van der Waals surface area contributed by atoms with Crippen molar-refractivity contribution in [3.05, 3.63) is 108 Å². The van der Waals surface area contributed by atoms with Crippen molar-refractivity contribution in [3.63, 3.8) is 0 Å². The Morgan fingerprint density at radius 3 is 2.27 bits per heavy atom. The van der Waals surface area contributed by atoms with Gasteiger partial charge in [-0.3, -0.25) is 9.59 Å². The number of benzene rings is 3. The van der Waals surface area contributed by atoms with E-state index in [9.17, 15) is 14.7 Å². The molecule has 150 valence electrons. The molecule has 3 aromatic rings. The van der Waals surface area contributed by atoms with E-state index >= 15 is 0 Å². The van der Waals surface area contributed by atoms with Gasteiger partial charge in [0.05, 0.1) is 12.1 Å². The molecular formula is C26H23NO3. The van der Waals surface area contributed by atoms with Crippen molar-refractivity contribution in [2.75, 3.05) is 11.4 Å². The van der Waals surface area contributed by atoms with Crippen molar-refractivity contribution in [2.24, 2.45) is 0 Å². The molecular weight excluding hydrogens is 374 g/mol. The van der Waals surface area contributed by atoms with Gasteiger partial charge in [-0.1, -0.05) is 84.9 Å². The number of hydrogen-bond donors (Lipinski definition) is 1. The van der Waals surface area contributed by atoms with Gasteiger partial charge < -0.3 is 10.0 Å². The Bertz CT molecular complexity index is 1080. The van der Waals surface area contributed by atoms with Crippen LogP contribution in [0.5, 0.6) is 0 Å². The Hall–Kier alpha value is -3.50. The minimum absolute atomic E-state index is 0.284. The zero-order chi connectivity index (χ0) is 21.0. The highest BCUT2D eigenvalue weighted by Crippen LogP contribution is 2.42. The third-order valence-corrected chi connectivity index (χ3v) is 5.40. The molecule has 4 heteroatoms. The van der Waals surface area contributed by atoms with E-state index in [4.69, 9.17) is 0 Å². The summed E-state index contributed by atoms with van der Waals surface area (Å²) in [4.78, 5) is 27.4. The van der Waals surface area contributed by atoms with Crippen LogP contribution in [-0.4, -0.2) is 23.3 Å². The van der Waals surface area contributed by atoms with Crippen LogP contribution in [0.1, 0.15) is 23.1 Å². The van der Waals surface area contributed by atoms with Crippen molar-refractivity contribution < 1.29 is 14.7 Å². The normalized spacial score (nSPS) is 18.0. The standard InChI is InChI=1S/C26H23NO3/c28-22(16-15-20-9-3-1-4-10-20)19-26(30)23-13-7-8-14-24(23)27(25(26)29)18-17-21-11-5-2-6-12-21/h1-16,30H,17-19H2/b16-15-/t26-/m0/s1. The Balaban J connectivity index is 1.54. The van der Waals surface area contributed by atoms with Crippen molar-refractivity contribution in [1.82, 2.24) is 0 Å². The summed E-state index contributed by atoms with van der Waals surface area (Å²) in [5, 5.41) is 11.3. The first kappa shape index (κ1) is 19.8. The zero-order valence-electron chi connectivity index (χ0n) is 16.6. The average molecular weight is 397 g/mol. The highest BCUT2D eigenvalue weighted by atomic mass is 16.3. The molecule has 0 saturated heterocycles. The first-order chi connectivity index (χ1) is 14.6. The second kappa shape index (κ2) is 8.47. The van der Waals surface area contributed by atoms with Crippen LogP contribution >= 0.6 is 0 Å². The van der Waals surface area contributed by atoms with Crippen LogP contribution in [0.15, 0.2) is 91.0 Å². The summed E-state index contributed by atoms with van der Waals surface area (Å²) in [5.74, 6) is -0.740. The molecule has 1 heterocycles. The average Bonchev–Trinajstić information content (AvgIpc) is 2.99. The molecule has 1 amide bonds. The molecule has 0 radical (unpaired) electrons. The molecule has 0 aromatic heterocycles. The molecule has 4 nitrogen and oxygen atoms in total. The molecule has 1 N–H and O–H groups in total. The summed E-state index contributed by atoms with van der Waals surface area (Å²) in [6.45, 7) is 0.441. The van der Waals surface area contributed by atoms with E-state index in [0.717, 1.165) is 11.1 Å². The quantitative estimate of drug-likeness (QED) is 0.610. The number of hydrogen-bond acceptors (Lipinski definition) is 3. The van der Waals surface area contributed by atoms with Crippen molar-refractivity contribution in [3.8, 4) is 0 Å². The second-order valence-electron chi connectivity index (χ2n) is 7.46. The summed E-state index contributed by atoms with van der Waals surface area (Å²) in [6.07, 6.45) is 3.51. The Kier molecular flexibility index (Phi) is 5.59. The Morgan fingerprint density at radius 1 is 0.900 bits per heavy atom. The third kappa shape index (κ3) is 3.95. The smallest absolute Gasteiger partial charge is 0.264 e. The number of anilines is 1. The predicted octanol–water partition coefficient (Wildman–Crippen LogP) is 4.14.